The van der Waals surface area contributed by atoms with Crippen molar-refractivity contribution in [1.82, 2.24) is 9.80 Å². The van der Waals surface area contributed by atoms with Gasteiger partial charge in [0.15, 0.2) is 0 Å². The van der Waals surface area contributed by atoms with Crippen LogP contribution in [0.4, 0.5) is 16.2 Å². The number of likely N-dealkylation sites (N-methyl/N-ethyl adjacent to an activating group) is 1. The number of hydrogen-bond acceptors (Lipinski definition) is 6. The Morgan fingerprint density at radius 1 is 1.10 bits per heavy atom. The van der Waals surface area contributed by atoms with E-state index in [1.807, 2.05) is 13.0 Å². The van der Waals surface area contributed by atoms with E-state index in [2.05, 4.69) is 29.5 Å². The lowest BCUT2D eigenvalue weighted by atomic mass is 9.89. The molecule has 2 aromatic carbocycles. The van der Waals surface area contributed by atoms with Crippen molar-refractivity contribution in [2.75, 3.05) is 51.0 Å². The van der Waals surface area contributed by atoms with E-state index >= 15 is 0 Å². The molecule has 41 heavy (non-hydrogen) atoms. The van der Waals surface area contributed by atoms with Gasteiger partial charge in [0.05, 0.1) is 26.2 Å². The van der Waals surface area contributed by atoms with Crippen LogP contribution in [0.25, 0.3) is 0 Å². The monoisotopic (exact) mass is 566 g/mol. The van der Waals surface area contributed by atoms with Crippen molar-refractivity contribution in [1.29, 1.82) is 0 Å². The van der Waals surface area contributed by atoms with E-state index in [1.54, 1.807) is 48.4 Å². The summed E-state index contributed by atoms with van der Waals surface area (Å²) in [5.41, 5.74) is 1.90. The molecule has 0 unspecified atom stereocenters. The summed E-state index contributed by atoms with van der Waals surface area (Å²) in [6, 6.07) is 11.8. The molecule has 9 nitrogen and oxygen atoms in total. The number of methoxy groups -OCH3 is 1. The van der Waals surface area contributed by atoms with Gasteiger partial charge in [-0.15, -0.1) is 0 Å². The van der Waals surface area contributed by atoms with Gasteiger partial charge in [-0.3, -0.25) is 4.79 Å². The molecule has 0 aromatic heterocycles. The first-order valence-corrected chi connectivity index (χ1v) is 14.9. The molecule has 3 atom stereocenters. The Bertz CT molecular complexity index is 1150. The minimum atomic E-state index is -0.392. The number of nitrogens with zero attached hydrogens (tertiary/aromatic N) is 2. The van der Waals surface area contributed by atoms with Crippen LogP contribution in [0.5, 0.6) is 11.5 Å². The quantitative estimate of drug-likeness (QED) is 0.395. The minimum absolute atomic E-state index is 0.0563. The molecule has 1 aliphatic heterocycles. The van der Waals surface area contributed by atoms with Crippen LogP contribution in [0.2, 0.25) is 0 Å². The molecule has 9 heteroatoms. The first kappa shape index (κ1) is 30.7. The third-order valence-corrected chi connectivity index (χ3v) is 8.31. The average Bonchev–Trinajstić information content (AvgIpc) is 3.01. The summed E-state index contributed by atoms with van der Waals surface area (Å²) in [6.45, 7) is 6.18. The Morgan fingerprint density at radius 3 is 2.46 bits per heavy atom. The van der Waals surface area contributed by atoms with Gasteiger partial charge in [-0.1, -0.05) is 26.2 Å². The summed E-state index contributed by atoms with van der Waals surface area (Å²) in [4.78, 5) is 30.3. The van der Waals surface area contributed by atoms with E-state index in [0.717, 1.165) is 19.0 Å². The number of urea groups is 1. The number of nitrogens with one attached hydrogen (secondary N) is 2. The van der Waals surface area contributed by atoms with Crippen molar-refractivity contribution in [2.45, 2.75) is 64.5 Å². The van der Waals surface area contributed by atoms with Crippen molar-refractivity contribution < 1.29 is 24.2 Å². The van der Waals surface area contributed by atoms with E-state index < -0.39 is 6.03 Å². The van der Waals surface area contributed by atoms with E-state index in [9.17, 15) is 14.7 Å². The predicted molar refractivity (Wildman–Crippen MR) is 162 cm³/mol. The van der Waals surface area contributed by atoms with E-state index in [4.69, 9.17) is 9.47 Å². The van der Waals surface area contributed by atoms with Crippen molar-refractivity contribution >= 4 is 23.3 Å². The first-order valence-electron chi connectivity index (χ1n) is 14.9. The zero-order valence-electron chi connectivity index (χ0n) is 24.9. The summed E-state index contributed by atoms with van der Waals surface area (Å²) >= 11 is 0. The van der Waals surface area contributed by atoms with Crippen molar-refractivity contribution in [3.05, 3.63) is 48.0 Å². The molecule has 3 N–H and O–H groups in total. The highest BCUT2D eigenvalue weighted by Crippen LogP contribution is 2.30. The molecule has 0 saturated heterocycles. The predicted octanol–water partition coefficient (Wildman–Crippen LogP) is 5.00. The van der Waals surface area contributed by atoms with Gasteiger partial charge in [0.2, 0.25) is 5.91 Å². The number of aliphatic hydroxyl groups excluding tert-OH is 1. The van der Waals surface area contributed by atoms with Gasteiger partial charge in [0, 0.05) is 42.5 Å². The third kappa shape index (κ3) is 8.60. The number of carbonyl (C=O) groups is 2. The molecule has 4 rings (SSSR count). The molecular formula is C32H46N4O5. The second-order valence-corrected chi connectivity index (χ2v) is 11.7. The van der Waals surface area contributed by atoms with Crippen LogP contribution in [0.15, 0.2) is 42.5 Å². The Morgan fingerprint density at radius 2 is 1.78 bits per heavy atom. The lowest BCUT2D eigenvalue weighted by molar-refractivity contribution is -0.134. The van der Waals surface area contributed by atoms with E-state index in [-0.39, 0.29) is 37.0 Å². The molecule has 1 saturated carbocycles. The number of fused-ring (bicyclic) bond motifs is 1. The number of aliphatic hydroxyl groups is 1. The lowest BCUT2D eigenvalue weighted by Crippen LogP contribution is -2.48. The molecule has 1 fully saturated rings. The van der Waals surface area contributed by atoms with E-state index in [1.165, 1.54) is 32.1 Å². The van der Waals surface area contributed by atoms with Crippen LogP contribution < -0.4 is 20.1 Å². The molecule has 1 heterocycles. The molecule has 0 spiro atoms. The third-order valence-electron chi connectivity index (χ3n) is 8.31. The fourth-order valence-corrected chi connectivity index (χ4v) is 5.89. The number of ether oxygens (including phenoxy) is 2. The Labute approximate surface area is 244 Å². The topological polar surface area (TPSA) is 103 Å². The largest absolute Gasteiger partial charge is 0.497 e. The van der Waals surface area contributed by atoms with Gasteiger partial charge in [-0.2, -0.15) is 0 Å². The number of carbonyl (C=O) groups excluding carboxylic acids is 2. The summed E-state index contributed by atoms with van der Waals surface area (Å²) < 4.78 is 11.8. The van der Waals surface area contributed by atoms with Crippen LogP contribution in [0.1, 0.15) is 51.5 Å². The number of rotatable bonds is 9. The fourth-order valence-electron chi connectivity index (χ4n) is 5.89. The van der Waals surface area contributed by atoms with Crippen molar-refractivity contribution in [3.63, 3.8) is 0 Å². The smallest absolute Gasteiger partial charge is 0.323 e. The molecule has 1 aliphatic carbocycles. The number of anilines is 2. The van der Waals surface area contributed by atoms with Crippen molar-refractivity contribution in [2.24, 2.45) is 11.8 Å². The van der Waals surface area contributed by atoms with Crippen LogP contribution in [0, 0.1) is 11.8 Å². The van der Waals surface area contributed by atoms with Crippen LogP contribution in [-0.2, 0) is 11.2 Å². The molecule has 224 valence electrons. The van der Waals surface area contributed by atoms with Crippen LogP contribution in [0.3, 0.4) is 0 Å². The molecule has 0 radical (unpaired) electrons. The maximum atomic E-state index is 13.5. The zero-order valence-corrected chi connectivity index (χ0v) is 24.9. The molecule has 2 aromatic rings. The van der Waals surface area contributed by atoms with Crippen molar-refractivity contribution in [3.8, 4) is 11.5 Å². The second-order valence-electron chi connectivity index (χ2n) is 11.7. The maximum absolute atomic E-state index is 13.5. The highest BCUT2D eigenvalue weighted by molar-refractivity contribution is 6.00. The highest BCUT2D eigenvalue weighted by atomic mass is 16.5. The Balaban J connectivity index is 1.52. The van der Waals surface area contributed by atoms with Gasteiger partial charge in [0.1, 0.15) is 17.6 Å². The van der Waals surface area contributed by atoms with E-state index in [0.29, 0.717) is 35.0 Å². The second kappa shape index (κ2) is 14.5. The number of amides is 3. The average molecular weight is 567 g/mol. The SMILES string of the molecule is COc1ccc(NC(=O)Nc2ccc3c(c2)CC(=O)N([C@H](C)CO)C[C@@H](C)[C@@H](CN(C)CC2CCCCC2)O3)cc1. The zero-order chi connectivity index (χ0) is 29.4. The van der Waals surface area contributed by atoms with Crippen LogP contribution >= 0.6 is 0 Å². The Kier molecular flexibility index (Phi) is 10.9. The minimum Gasteiger partial charge on any atom is -0.497 e. The summed E-state index contributed by atoms with van der Waals surface area (Å²) in [5, 5.41) is 15.6. The first-order chi connectivity index (χ1) is 19.7. The standard InChI is InChI=1S/C32H46N4O5/c1-22-18-36(23(2)21-37)31(38)17-25-16-27(34-32(39)33-26-10-13-28(40-4)14-11-26)12-15-29(25)41-30(22)20-35(3)19-24-8-6-5-7-9-24/h10-16,22-24,30,37H,5-9,17-21H2,1-4H3,(H2,33,34,39)/t22-,23-,30-/m1/s1. The summed E-state index contributed by atoms with van der Waals surface area (Å²) in [6.07, 6.45) is 6.51. The molecule has 0 bridgehead atoms. The fraction of sp³-hybridized carbons (Fsp3) is 0.562. The van der Waals surface area contributed by atoms with Gasteiger partial charge in [-0.05, 0) is 75.2 Å². The van der Waals surface area contributed by atoms with Gasteiger partial charge >= 0.3 is 6.03 Å². The van der Waals surface area contributed by atoms with Gasteiger partial charge < -0.3 is 35.0 Å². The number of hydrogen-bond donors (Lipinski definition) is 3. The molecular weight excluding hydrogens is 520 g/mol. The normalized spacial score (nSPS) is 20.7. The molecule has 2 aliphatic rings. The maximum Gasteiger partial charge on any atom is 0.323 e. The number of benzene rings is 2. The van der Waals surface area contributed by atoms with Crippen LogP contribution in [-0.4, -0.2) is 79.4 Å². The highest BCUT2D eigenvalue weighted by Gasteiger charge is 2.31. The van der Waals surface area contributed by atoms with Gasteiger partial charge in [0.25, 0.3) is 0 Å². The summed E-state index contributed by atoms with van der Waals surface area (Å²) in [5.74, 6) is 2.06. The summed E-state index contributed by atoms with van der Waals surface area (Å²) in [7, 11) is 3.75. The lowest BCUT2D eigenvalue weighted by Gasteiger charge is -2.35. The Hall–Kier alpha value is -3.30. The molecule has 3 amide bonds. The van der Waals surface area contributed by atoms with Gasteiger partial charge in [-0.25, -0.2) is 4.79 Å².